The zero-order valence-corrected chi connectivity index (χ0v) is 14.0. The van der Waals surface area contributed by atoms with Crippen molar-refractivity contribution in [2.75, 3.05) is 12.4 Å². The Bertz CT molecular complexity index is 548. The van der Waals surface area contributed by atoms with Crippen molar-refractivity contribution in [1.82, 2.24) is 0 Å². The van der Waals surface area contributed by atoms with E-state index in [-0.39, 0.29) is 22.0 Å². The van der Waals surface area contributed by atoms with E-state index in [1.807, 2.05) is 48.2 Å². The molecule has 0 radical (unpaired) electrons. The summed E-state index contributed by atoms with van der Waals surface area (Å²) < 4.78 is 6.23. The van der Waals surface area contributed by atoms with E-state index >= 15 is 0 Å². The Balaban J connectivity index is 1.98. The third-order valence-corrected chi connectivity index (χ3v) is 6.96. The maximum Gasteiger partial charge on any atom is 0.166 e. The van der Waals surface area contributed by atoms with Gasteiger partial charge in [-0.2, -0.15) is 0 Å². The number of allylic oxidation sites excluding steroid dienone is 1. The fourth-order valence-electron chi connectivity index (χ4n) is 4.16. The fourth-order valence-corrected chi connectivity index (χ4v) is 5.67. The maximum atomic E-state index is 13.1. The first-order chi connectivity index (χ1) is 10.6. The molecule has 1 aromatic rings. The van der Waals surface area contributed by atoms with Crippen LogP contribution in [0.2, 0.25) is 0 Å². The molecular formula is C19H24O2S. The van der Waals surface area contributed by atoms with Crippen LogP contribution in [-0.4, -0.2) is 23.1 Å². The number of hydrogen-bond acceptors (Lipinski definition) is 3. The highest BCUT2D eigenvalue weighted by molar-refractivity contribution is 8.00. The lowest BCUT2D eigenvalue weighted by molar-refractivity contribution is -0.0900. The molecule has 1 saturated carbocycles. The van der Waals surface area contributed by atoms with E-state index in [1.165, 1.54) is 0 Å². The summed E-state index contributed by atoms with van der Waals surface area (Å²) in [6.45, 7) is 6.97. The molecule has 0 aromatic heterocycles. The average Bonchev–Trinajstić information content (AvgIpc) is 3.01. The Morgan fingerprint density at radius 1 is 1.45 bits per heavy atom. The molecule has 22 heavy (non-hydrogen) atoms. The van der Waals surface area contributed by atoms with Crippen LogP contribution in [0.25, 0.3) is 0 Å². The highest BCUT2D eigenvalue weighted by Crippen LogP contribution is 2.60. The first kappa shape index (κ1) is 15.8. The Hall–Kier alpha value is -1.06. The summed E-state index contributed by atoms with van der Waals surface area (Å²) >= 11 is 1.91. The summed E-state index contributed by atoms with van der Waals surface area (Å²) in [5, 5.41) is 0. The summed E-state index contributed by atoms with van der Waals surface area (Å²) in [4.78, 5) is 12.9. The van der Waals surface area contributed by atoms with Gasteiger partial charge in [-0.25, -0.2) is 0 Å². The van der Waals surface area contributed by atoms with Gasteiger partial charge in [0.25, 0.3) is 0 Å². The molecule has 118 valence electrons. The van der Waals surface area contributed by atoms with Gasteiger partial charge in [0, 0.05) is 22.6 Å². The lowest BCUT2D eigenvalue weighted by Crippen LogP contribution is -2.53. The monoisotopic (exact) mass is 316 g/mol. The highest BCUT2D eigenvalue weighted by Gasteiger charge is 2.58. The van der Waals surface area contributed by atoms with Gasteiger partial charge in [0.2, 0.25) is 0 Å². The number of ether oxygens (including phenoxy) is 1. The molecule has 3 rings (SSSR count). The number of ketones is 1. The van der Waals surface area contributed by atoms with Crippen molar-refractivity contribution in [2.24, 2.45) is 11.3 Å². The molecule has 3 heteroatoms. The zero-order valence-electron chi connectivity index (χ0n) is 13.2. The van der Waals surface area contributed by atoms with Crippen molar-refractivity contribution >= 4 is 17.5 Å². The van der Waals surface area contributed by atoms with Crippen LogP contribution < -0.4 is 0 Å². The third-order valence-electron chi connectivity index (χ3n) is 5.33. The molecule has 1 saturated heterocycles. The van der Waals surface area contributed by atoms with Crippen molar-refractivity contribution in [3.8, 4) is 0 Å². The predicted octanol–water partition coefficient (Wildman–Crippen LogP) is 4.71. The molecule has 1 aliphatic heterocycles. The third kappa shape index (κ3) is 2.44. The smallest absolute Gasteiger partial charge is 0.166 e. The molecule has 0 N–H and O–H groups in total. The summed E-state index contributed by atoms with van der Waals surface area (Å²) in [5.74, 6) is 1.30. The minimum atomic E-state index is -0.214. The molecule has 2 fully saturated rings. The van der Waals surface area contributed by atoms with Gasteiger partial charge in [-0.05, 0) is 25.7 Å². The van der Waals surface area contributed by atoms with Crippen LogP contribution in [0.4, 0.5) is 0 Å². The van der Waals surface area contributed by atoms with Crippen molar-refractivity contribution in [3.63, 3.8) is 0 Å². The van der Waals surface area contributed by atoms with Crippen LogP contribution in [-0.2, 0) is 4.74 Å². The van der Waals surface area contributed by atoms with Gasteiger partial charge in [0.15, 0.2) is 5.78 Å². The van der Waals surface area contributed by atoms with Crippen LogP contribution in [0.15, 0.2) is 43.0 Å². The van der Waals surface area contributed by atoms with Crippen LogP contribution in [0.1, 0.15) is 43.0 Å². The Morgan fingerprint density at radius 2 is 2.23 bits per heavy atom. The van der Waals surface area contributed by atoms with Gasteiger partial charge >= 0.3 is 0 Å². The van der Waals surface area contributed by atoms with E-state index < -0.39 is 0 Å². The quantitative estimate of drug-likeness (QED) is 0.594. The van der Waals surface area contributed by atoms with Crippen LogP contribution in [0.3, 0.4) is 0 Å². The lowest BCUT2D eigenvalue weighted by atomic mass is 9.61. The first-order valence-corrected chi connectivity index (χ1v) is 9.10. The maximum absolute atomic E-state index is 13.1. The molecular weight excluding hydrogens is 292 g/mol. The van der Waals surface area contributed by atoms with Gasteiger partial charge in [-0.3, -0.25) is 4.79 Å². The largest absolute Gasteiger partial charge is 0.363 e. The summed E-state index contributed by atoms with van der Waals surface area (Å²) in [5.41, 5.74) is 0.643. The zero-order chi connectivity index (χ0) is 15.6. The molecule has 1 heterocycles. The molecule has 0 bridgehead atoms. The molecule has 1 spiro atoms. The van der Waals surface area contributed by atoms with Crippen LogP contribution in [0, 0.1) is 11.3 Å². The molecule has 1 aromatic carbocycles. The summed E-state index contributed by atoms with van der Waals surface area (Å²) in [6.07, 6.45) is 5.83. The number of thioether (sulfide) groups is 1. The molecule has 2 nitrogen and oxygen atoms in total. The molecule has 0 unspecified atom stereocenters. The van der Waals surface area contributed by atoms with Crippen LogP contribution in [0.5, 0.6) is 0 Å². The SMILES string of the molecule is C=CC[C@@]1(C)[C@@H](C(=O)c2ccccc2)CCC[C@]12OCCS2. The number of benzene rings is 1. The number of carbonyl (C=O) groups is 1. The van der Waals surface area contributed by atoms with E-state index in [4.69, 9.17) is 4.74 Å². The van der Waals surface area contributed by atoms with Gasteiger partial charge in [-0.1, -0.05) is 43.3 Å². The second-order valence-electron chi connectivity index (χ2n) is 6.54. The number of carbonyl (C=O) groups excluding carboxylic acids is 1. The number of Topliss-reactive ketones (excluding diaryl/α,β-unsaturated/α-hetero) is 1. The first-order valence-electron chi connectivity index (χ1n) is 8.11. The second-order valence-corrected chi connectivity index (χ2v) is 7.89. The summed E-state index contributed by atoms with van der Waals surface area (Å²) in [6, 6.07) is 9.70. The van der Waals surface area contributed by atoms with Gasteiger partial charge in [0.05, 0.1) is 6.61 Å². The second kappa shape index (κ2) is 6.21. The minimum absolute atomic E-state index is 0.00671. The standard InChI is InChI=1S/C19H24O2S/c1-3-11-18(2)16(17(20)15-8-5-4-6-9-15)10-7-12-19(18)21-13-14-22-19/h3-6,8-9,16H,1,7,10-14H2,2H3/t16-,18+,19-/m1/s1. The molecule has 2 aliphatic rings. The molecule has 3 atom stereocenters. The average molecular weight is 316 g/mol. The van der Waals surface area contributed by atoms with Gasteiger partial charge in [-0.15, -0.1) is 18.3 Å². The van der Waals surface area contributed by atoms with Crippen molar-refractivity contribution in [3.05, 3.63) is 48.6 Å². The number of hydrogen-bond donors (Lipinski definition) is 0. The van der Waals surface area contributed by atoms with Crippen molar-refractivity contribution in [2.45, 2.75) is 37.5 Å². The Morgan fingerprint density at radius 3 is 2.86 bits per heavy atom. The van der Waals surface area contributed by atoms with Crippen molar-refractivity contribution in [1.29, 1.82) is 0 Å². The Kier molecular flexibility index (Phi) is 4.47. The van der Waals surface area contributed by atoms with E-state index in [0.717, 1.165) is 43.6 Å². The number of rotatable bonds is 4. The van der Waals surface area contributed by atoms with Crippen LogP contribution >= 0.6 is 11.8 Å². The Labute approximate surface area is 137 Å². The van der Waals surface area contributed by atoms with E-state index in [2.05, 4.69) is 13.5 Å². The van der Waals surface area contributed by atoms with E-state index in [0.29, 0.717) is 0 Å². The van der Waals surface area contributed by atoms with E-state index in [9.17, 15) is 4.79 Å². The lowest BCUT2D eigenvalue weighted by Gasteiger charge is -2.52. The predicted molar refractivity (Wildman–Crippen MR) is 92.2 cm³/mol. The minimum Gasteiger partial charge on any atom is -0.363 e. The highest BCUT2D eigenvalue weighted by atomic mass is 32.2. The van der Waals surface area contributed by atoms with E-state index in [1.54, 1.807) is 0 Å². The topological polar surface area (TPSA) is 26.3 Å². The fraction of sp³-hybridized carbons (Fsp3) is 0.526. The van der Waals surface area contributed by atoms with Gasteiger partial charge < -0.3 is 4.74 Å². The molecule has 1 aliphatic carbocycles. The normalized spacial score (nSPS) is 34.7. The summed E-state index contributed by atoms with van der Waals surface area (Å²) in [7, 11) is 0. The van der Waals surface area contributed by atoms with Gasteiger partial charge in [0.1, 0.15) is 4.93 Å². The molecule has 0 amide bonds. The van der Waals surface area contributed by atoms with Crippen molar-refractivity contribution < 1.29 is 9.53 Å².